The quantitative estimate of drug-likeness (QED) is 0.786. The first kappa shape index (κ1) is 12.0. The predicted octanol–water partition coefficient (Wildman–Crippen LogP) is 0.181. The lowest BCUT2D eigenvalue weighted by molar-refractivity contribution is 0.0953. The minimum Gasteiger partial charge on any atom is -0.497 e. The van der Waals surface area contributed by atoms with E-state index >= 15 is 0 Å². The molecule has 2 N–H and O–H groups in total. The molecule has 2 rings (SSSR count). The highest BCUT2D eigenvalue weighted by atomic mass is 16.5. The van der Waals surface area contributed by atoms with Crippen molar-refractivity contribution in [3.8, 4) is 5.75 Å². The average molecular weight is 247 g/mol. The second kappa shape index (κ2) is 5.76. The lowest BCUT2D eigenvalue weighted by atomic mass is 10.2. The van der Waals surface area contributed by atoms with Gasteiger partial charge in [-0.1, -0.05) is 11.3 Å². The summed E-state index contributed by atoms with van der Waals surface area (Å²) in [4.78, 5) is 11.8. The molecule has 1 amide bonds. The molecule has 0 saturated carbocycles. The Morgan fingerprint density at radius 1 is 1.50 bits per heavy atom. The highest BCUT2D eigenvalue weighted by molar-refractivity contribution is 5.94. The number of rotatable bonds is 5. The summed E-state index contributed by atoms with van der Waals surface area (Å²) < 4.78 is 5.06. The van der Waals surface area contributed by atoms with E-state index in [9.17, 15) is 4.79 Å². The SMILES string of the molecule is COc1cccc(C(=O)NCCc2nn[nH]n2)c1. The van der Waals surface area contributed by atoms with Crippen molar-refractivity contribution in [1.82, 2.24) is 25.9 Å². The molecule has 2 aromatic rings. The topological polar surface area (TPSA) is 92.8 Å². The third kappa shape index (κ3) is 3.03. The van der Waals surface area contributed by atoms with Gasteiger partial charge < -0.3 is 10.1 Å². The second-order valence-electron chi connectivity index (χ2n) is 3.57. The number of ether oxygens (including phenoxy) is 1. The van der Waals surface area contributed by atoms with Gasteiger partial charge in [0.1, 0.15) is 5.75 Å². The highest BCUT2D eigenvalue weighted by Gasteiger charge is 2.06. The van der Waals surface area contributed by atoms with Crippen molar-refractivity contribution in [3.05, 3.63) is 35.7 Å². The van der Waals surface area contributed by atoms with Gasteiger partial charge in [0.15, 0.2) is 5.82 Å². The third-order valence-corrected chi connectivity index (χ3v) is 2.36. The number of tetrazole rings is 1. The van der Waals surface area contributed by atoms with E-state index in [-0.39, 0.29) is 5.91 Å². The minimum absolute atomic E-state index is 0.155. The molecule has 0 spiro atoms. The highest BCUT2D eigenvalue weighted by Crippen LogP contribution is 2.12. The molecule has 7 heteroatoms. The Balaban J connectivity index is 1.87. The first-order chi connectivity index (χ1) is 8.79. The molecule has 7 nitrogen and oxygen atoms in total. The van der Waals surface area contributed by atoms with Crippen LogP contribution in [0.1, 0.15) is 16.2 Å². The Kier molecular flexibility index (Phi) is 3.85. The summed E-state index contributed by atoms with van der Waals surface area (Å²) in [7, 11) is 1.56. The summed E-state index contributed by atoms with van der Waals surface area (Å²) in [5, 5.41) is 16.2. The summed E-state index contributed by atoms with van der Waals surface area (Å²) in [6.07, 6.45) is 0.534. The molecular weight excluding hydrogens is 234 g/mol. The van der Waals surface area contributed by atoms with E-state index in [1.807, 2.05) is 0 Å². The monoisotopic (exact) mass is 247 g/mol. The van der Waals surface area contributed by atoms with Crippen LogP contribution in [0.2, 0.25) is 0 Å². The van der Waals surface area contributed by atoms with E-state index in [1.165, 1.54) is 0 Å². The van der Waals surface area contributed by atoms with E-state index in [1.54, 1.807) is 31.4 Å². The maximum atomic E-state index is 11.8. The number of hydrogen-bond acceptors (Lipinski definition) is 5. The number of benzene rings is 1. The molecule has 0 bridgehead atoms. The van der Waals surface area contributed by atoms with E-state index in [0.29, 0.717) is 30.1 Å². The number of nitrogens with zero attached hydrogens (tertiary/aromatic N) is 3. The predicted molar refractivity (Wildman–Crippen MR) is 63.2 cm³/mol. The van der Waals surface area contributed by atoms with Gasteiger partial charge in [-0.2, -0.15) is 5.21 Å². The van der Waals surface area contributed by atoms with Gasteiger partial charge in [0.25, 0.3) is 5.91 Å². The van der Waals surface area contributed by atoms with Crippen LogP contribution in [-0.4, -0.2) is 40.2 Å². The van der Waals surface area contributed by atoms with Crippen molar-refractivity contribution < 1.29 is 9.53 Å². The molecule has 0 aliphatic rings. The van der Waals surface area contributed by atoms with E-state index < -0.39 is 0 Å². The zero-order valence-corrected chi connectivity index (χ0v) is 9.88. The molecule has 0 fully saturated rings. The van der Waals surface area contributed by atoms with Crippen molar-refractivity contribution in [2.45, 2.75) is 6.42 Å². The Bertz CT molecular complexity index is 512. The number of carbonyl (C=O) groups excluding carboxylic acids is 1. The van der Waals surface area contributed by atoms with E-state index in [2.05, 4.69) is 25.9 Å². The van der Waals surface area contributed by atoms with Gasteiger partial charge in [0.05, 0.1) is 7.11 Å². The molecule has 0 radical (unpaired) electrons. The molecule has 0 aliphatic carbocycles. The van der Waals surface area contributed by atoms with E-state index in [4.69, 9.17) is 4.74 Å². The van der Waals surface area contributed by atoms with Crippen LogP contribution in [0.25, 0.3) is 0 Å². The standard InChI is InChI=1S/C11H13N5O2/c1-18-9-4-2-3-8(7-9)11(17)12-6-5-10-13-15-16-14-10/h2-4,7H,5-6H2,1H3,(H,12,17)(H,13,14,15,16). The molecule has 1 aromatic carbocycles. The van der Waals surface area contributed by atoms with Crippen LogP contribution in [0.3, 0.4) is 0 Å². The van der Waals surface area contributed by atoms with Crippen molar-refractivity contribution in [2.24, 2.45) is 0 Å². The minimum atomic E-state index is -0.155. The first-order valence-electron chi connectivity index (χ1n) is 5.44. The summed E-state index contributed by atoms with van der Waals surface area (Å²) in [5.74, 6) is 1.07. The van der Waals surface area contributed by atoms with Crippen LogP contribution in [0.4, 0.5) is 0 Å². The summed E-state index contributed by atoms with van der Waals surface area (Å²) in [6.45, 7) is 0.454. The molecular formula is C11H13N5O2. The number of aromatic amines is 1. The number of carbonyl (C=O) groups is 1. The maximum absolute atomic E-state index is 11.8. The fourth-order valence-electron chi connectivity index (χ4n) is 1.44. The Morgan fingerprint density at radius 3 is 3.11 bits per heavy atom. The van der Waals surface area contributed by atoms with Gasteiger partial charge in [-0.15, -0.1) is 10.2 Å². The van der Waals surface area contributed by atoms with Gasteiger partial charge in [-0.05, 0) is 18.2 Å². The summed E-state index contributed by atoms with van der Waals surface area (Å²) >= 11 is 0. The molecule has 0 unspecified atom stereocenters. The number of H-pyrrole nitrogens is 1. The van der Waals surface area contributed by atoms with Gasteiger partial charge in [-0.25, -0.2) is 0 Å². The maximum Gasteiger partial charge on any atom is 0.251 e. The van der Waals surface area contributed by atoms with Crippen molar-refractivity contribution in [2.75, 3.05) is 13.7 Å². The zero-order chi connectivity index (χ0) is 12.8. The van der Waals surface area contributed by atoms with Crippen LogP contribution in [0, 0.1) is 0 Å². The number of amides is 1. The van der Waals surface area contributed by atoms with Gasteiger partial charge in [0, 0.05) is 18.5 Å². The molecule has 0 atom stereocenters. The van der Waals surface area contributed by atoms with Crippen molar-refractivity contribution >= 4 is 5.91 Å². The van der Waals surface area contributed by atoms with Gasteiger partial charge in [-0.3, -0.25) is 4.79 Å². The van der Waals surface area contributed by atoms with Crippen LogP contribution in [0.15, 0.2) is 24.3 Å². The molecule has 0 saturated heterocycles. The average Bonchev–Trinajstić information content (AvgIpc) is 2.92. The number of hydrogen-bond donors (Lipinski definition) is 2. The molecule has 1 heterocycles. The van der Waals surface area contributed by atoms with Gasteiger partial charge in [0.2, 0.25) is 0 Å². The van der Waals surface area contributed by atoms with Gasteiger partial charge >= 0.3 is 0 Å². The number of aromatic nitrogens is 4. The van der Waals surface area contributed by atoms with Crippen molar-refractivity contribution in [1.29, 1.82) is 0 Å². The fraction of sp³-hybridized carbons (Fsp3) is 0.273. The lowest BCUT2D eigenvalue weighted by Crippen LogP contribution is -2.25. The molecule has 1 aromatic heterocycles. The third-order valence-electron chi connectivity index (χ3n) is 2.36. The van der Waals surface area contributed by atoms with E-state index in [0.717, 1.165) is 0 Å². The normalized spacial score (nSPS) is 10.1. The van der Waals surface area contributed by atoms with Crippen LogP contribution in [0.5, 0.6) is 5.75 Å². The van der Waals surface area contributed by atoms with Crippen LogP contribution in [-0.2, 0) is 6.42 Å². The van der Waals surface area contributed by atoms with Crippen LogP contribution < -0.4 is 10.1 Å². The Morgan fingerprint density at radius 2 is 2.39 bits per heavy atom. The second-order valence-corrected chi connectivity index (χ2v) is 3.57. The lowest BCUT2D eigenvalue weighted by Gasteiger charge is -2.05. The largest absolute Gasteiger partial charge is 0.497 e. The smallest absolute Gasteiger partial charge is 0.251 e. The molecule has 0 aliphatic heterocycles. The Hall–Kier alpha value is -2.44. The zero-order valence-electron chi connectivity index (χ0n) is 9.88. The first-order valence-corrected chi connectivity index (χ1v) is 5.44. The van der Waals surface area contributed by atoms with Crippen molar-refractivity contribution in [3.63, 3.8) is 0 Å². The molecule has 94 valence electrons. The number of nitrogens with one attached hydrogen (secondary N) is 2. The fourth-order valence-corrected chi connectivity index (χ4v) is 1.44. The van der Waals surface area contributed by atoms with Crippen LogP contribution >= 0.6 is 0 Å². The number of methoxy groups -OCH3 is 1. The molecule has 18 heavy (non-hydrogen) atoms. The Labute approximate surface area is 104 Å². The summed E-state index contributed by atoms with van der Waals surface area (Å²) in [5.41, 5.74) is 0.558. The summed E-state index contributed by atoms with van der Waals surface area (Å²) in [6, 6.07) is 6.97.